The van der Waals surface area contributed by atoms with Gasteiger partial charge < -0.3 is 15.8 Å². The van der Waals surface area contributed by atoms with E-state index in [1.165, 1.54) is 19.2 Å². The van der Waals surface area contributed by atoms with Gasteiger partial charge in [0.15, 0.2) is 5.78 Å². The van der Waals surface area contributed by atoms with Gasteiger partial charge in [-0.2, -0.15) is 0 Å². The molecule has 0 saturated heterocycles. The van der Waals surface area contributed by atoms with Crippen LogP contribution in [0.25, 0.3) is 10.8 Å². The van der Waals surface area contributed by atoms with Gasteiger partial charge in [-0.1, -0.05) is 54.6 Å². The number of aryl methyl sites for hydroxylation is 1. The smallest absolute Gasteiger partial charge is 0.239 e. The highest BCUT2D eigenvalue weighted by atomic mass is 19.1. The first kappa shape index (κ1) is 22.6. The van der Waals surface area contributed by atoms with Gasteiger partial charge in [0.2, 0.25) is 5.91 Å². The molecule has 3 aromatic rings. The van der Waals surface area contributed by atoms with Crippen molar-refractivity contribution < 1.29 is 18.7 Å². The van der Waals surface area contributed by atoms with Crippen molar-refractivity contribution in [3.63, 3.8) is 0 Å². The van der Waals surface area contributed by atoms with Gasteiger partial charge in [-0.05, 0) is 46.9 Å². The summed E-state index contributed by atoms with van der Waals surface area (Å²) < 4.78 is 18.2. The van der Waals surface area contributed by atoms with E-state index in [2.05, 4.69) is 5.32 Å². The number of nitrogens with one attached hydrogen (secondary N) is 1. The highest BCUT2D eigenvalue weighted by Gasteiger charge is 2.24. The van der Waals surface area contributed by atoms with Crippen LogP contribution in [0.3, 0.4) is 0 Å². The lowest BCUT2D eigenvalue weighted by molar-refractivity contribution is -0.129. The van der Waals surface area contributed by atoms with Gasteiger partial charge in [0, 0.05) is 13.5 Å². The van der Waals surface area contributed by atoms with E-state index in [1.807, 2.05) is 42.5 Å². The molecule has 31 heavy (non-hydrogen) atoms. The number of benzene rings is 3. The summed E-state index contributed by atoms with van der Waals surface area (Å²) in [4.78, 5) is 25.5. The second kappa shape index (κ2) is 10.8. The maximum Gasteiger partial charge on any atom is 0.239 e. The molecule has 0 fully saturated rings. The summed E-state index contributed by atoms with van der Waals surface area (Å²) in [6, 6.07) is 18.3. The fourth-order valence-corrected chi connectivity index (χ4v) is 3.58. The number of methoxy groups -OCH3 is 1. The van der Waals surface area contributed by atoms with Gasteiger partial charge in [-0.25, -0.2) is 4.39 Å². The molecule has 1 amide bonds. The van der Waals surface area contributed by atoms with E-state index >= 15 is 0 Å². The lowest BCUT2D eigenvalue weighted by Crippen LogP contribution is -2.50. The number of fused-ring (bicyclic) bond motifs is 1. The number of nitrogens with two attached hydrogens (primary N) is 1. The molecule has 2 atom stereocenters. The molecule has 5 nitrogen and oxygen atoms in total. The van der Waals surface area contributed by atoms with Crippen LogP contribution in [0.2, 0.25) is 0 Å². The number of hydrogen-bond acceptors (Lipinski definition) is 4. The van der Waals surface area contributed by atoms with Gasteiger partial charge in [-0.15, -0.1) is 0 Å². The SMILES string of the molecule is COC[C@H](N)C(=O)N[C@@H](Cc1ccc(F)cc1)C(=O)CCc1cccc2ccccc12. The summed E-state index contributed by atoms with van der Waals surface area (Å²) in [5, 5.41) is 4.98. The van der Waals surface area contributed by atoms with Crippen LogP contribution in [-0.4, -0.2) is 37.5 Å². The molecule has 162 valence electrons. The Labute approximate surface area is 181 Å². The van der Waals surface area contributed by atoms with Crippen LogP contribution < -0.4 is 11.1 Å². The molecule has 3 aromatic carbocycles. The van der Waals surface area contributed by atoms with Crippen LogP contribution in [0.15, 0.2) is 66.7 Å². The Bertz CT molecular complexity index is 1030. The van der Waals surface area contributed by atoms with Gasteiger partial charge in [0.25, 0.3) is 0 Å². The van der Waals surface area contributed by atoms with Crippen molar-refractivity contribution in [3.8, 4) is 0 Å². The number of carbonyl (C=O) groups excluding carboxylic acids is 2. The normalized spacial score (nSPS) is 13.0. The van der Waals surface area contributed by atoms with Crippen molar-refractivity contribution in [1.29, 1.82) is 0 Å². The third-order valence-electron chi connectivity index (χ3n) is 5.26. The molecule has 0 bridgehead atoms. The first-order chi connectivity index (χ1) is 15.0. The molecule has 0 aliphatic heterocycles. The highest BCUT2D eigenvalue weighted by Crippen LogP contribution is 2.20. The Morgan fingerprint density at radius 1 is 1.03 bits per heavy atom. The summed E-state index contributed by atoms with van der Waals surface area (Å²) >= 11 is 0. The van der Waals surface area contributed by atoms with Crippen LogP contribution in [0.4, 0.5) is 4.39 Å². The monoisotopic (exact) mass is 422 g/mol. The van der Waals surface area contributed by atoms with Crippen LogP contribution in [0, 0.1) is 5.82 Å². The fraction of sp³-hybridized carbons (Fsp3) is 0.280. The Morgan fingerprint density at radius 3 is 2.48 bits per heavy atom. The molecular formula is C25H27FN2O3. The largest absolute Gasteiger partial charge is 0.383 e. The average molecular weight is 423 g/mol. The maximum absolute atomic E-state index is 13.3. The predicted octanol–water partition coefficient (Wildman–Crippen LogP) is 3.18. The third kappa shape index (κ3) is 6.20. The van der Waals surface area contributed by atoms with Crippen molar-refractivity contribution in [2.45, 2.75) is 31.3 Å². The lowest BCUT2D eigenvalue weighted by Gasteiger charge is -2.20. The number of ether oxygens (including phenoxy) is 1. The Hall–Kier alpha value is -3.09. The minimum absolute atomic E-state index is 0.0549. The van der Waals surface area contributed by atoms with Crippen molar-refractivity contribution in [2.24, 2.45) is 5.73 Å². The Morgan fingerprint density at radius 2 is 1.74 bits per heavy atom. The van der Waals surface area contributed by atoms with E-state index in [9.17, 15) is 14.0 Å². The third-order valence-corrected chi connectivity index (χ3v) is 5.26. The zero-order valence-corrected chi connectivity index (χ0v) is 17.5. The molecule has 0 heterocycles. The maximum atomic E-state index is 13.3. The van der Waals surface area contributed by atoms with E-state index in [0.717, 1.165) is 21.9 Å². The van der Waals surface area contributed by atoms with E-state index in [4.69, 9.17) is 10.5 Å². The zero-order chi connectivity index (χ0) is 22.2. The van der Waals surface area contributed by atoms with Gasteiger partial charge in [-0.3, -0.25) is 9.59 Å². The number of carbonyl (C=O) groups is 2. The summed E-state index contributed by atoms with van der Waals surface area (Å²) in [6.07, 6.45) is 1.08. The minimum Gasteiger partial charge on any atom is -0.383 e. The first-order valence-corrected chi connectivity index (χ1v) is 10.3. The number of hydrogen-bond donors (Lipinski definition) is 2. The lowest BCUT2D eigenvalue weighted by atomic mass is 9.95. The number of halogens is 1. The van der Waals surface area contributed by atoms with E-state index < -0.39 is 18.0 Å². The second-order valence-electron chi connectivity index (χ2n) is 7.56. The highest BCUT2D eigenvalue weighted by molar-refractivity contribution is 5.92. The predicted molar refractivity (Wildman–Crippen MR) is 119 cm³/mol. The Balaban J connectivity index is 1.74. The number of amides is 1. The van der Waals surface area contributed by atoms with Crippen LogP contribution in [0.5, 0.6) is 0 Å². The van der Waals surface area contributed by atoms with E-state index in [1.54, 1.807) is 12.1 Å². The molecule has 0 radical (unpaired) electrons. The zero-order valence-electron chi connectivity index (χ0n) is 17.5. The quantitative estimate of drug-likeness (QED) is 0.526. The van der Waals surface area contributed by atoms with E-state index in [-0.39, 0.29) is 31.0 Å². The average Bonchev–Trinajstić information content (AvgIpc) is 2.78. The summed E-state index contributed by atoms with van der Waals surface area (Å²) in [5.41, 5.74) is 7.65. The van der Waals surface area contributed by atoms with Crippen LogP contribution in [-0.2, 0) is 27.2 Å². The molecule has 0 aliphatic carbocycles. The molecule has 0 unspecified atom stereocenters. The van der Waals surface area contributed by atoms with Crippen molar-refractivity contribution in [1.82, 2.24) is 5.32 Å². The molecule has 0 aromatic heterocycles. The summed E-state index contributed by atoms with van der Waals surface area (Å²) in [5.74, 6) is -0.906. The molecule has 3 rings (SSSR count). The number of ketones is 1. The second-order valence-corrected chi connectivity index (χ2v) is 7.56. The standard InChI is InChI=1S/C25H27FN2O3/c1-31-16-22(27)25(30)28-23(15-17-9-12-20(26)13-10-17)24(29)14-11-19-7-4-6-18-5-2-3-8-21(18)19/h2-10,12-13,22-23H,11,14-16,27H2,1H3,(H,28,30)/t22-,23-/m0/s1. The number of rotatable bonds is 10. The van der Waals surface area contributed by atoms with Gasteiger partial charge in [0.05, 0.1) is 12.6 Å². The van der Waals surface area contributed by atoms with Crippen LogP contribution in [0.1, 0.15) is 17.5 Å². The topological polar surface area (TPSA) is 81.4 Å². The molecular weight excluding hydrogens is 395 g/mol. The summed E-state index contributed by atoms with van der Waals surface area (Å²) in [6.45, 7) is 0.0549. The van der Waals surface area contributed by atoms with Crippen molar-refractivity contribution in [3.05, 3.63) is 83.7 Å². The van der Waals surface area contributed by atoms with Crippen molar-refractivity contribution in [2.75, 3.05) is 13.7 Å². The minimum atomic E-state index is -0.869. The van der Waals surface area contributed by atoms with Crippen LogP contribution >= 0.6 is 0 Å². The molecule has 0 aliphatic rings. The Kier molecular flexibility index (Phi) is 7.87. The molecule has 3 N–H and O–H groups in total. The number of Topliss-reactive ketones (excluding diaryl/α,β-unsaturated/α-hetero) is 1. The van der Waals surface area contributed by atoms with E-state index in [0.29, 0.717) is 6.42 Å². The van der Waals surface area contributed by atoms with Gasteiger partial charge >= 0.3 is 0 Å². The fourth-order valence-electron chi connectivity index (χ4n) is 3.58. The summed E-state index contributed by atoms with van der Waals surface area (Å²) in [7, 11) is 1.46. The van der Waals surface area contributed by atoms with Crippen molar-refractivity contribution >= 4 is 22.5 Å². The van der Waals surface area contributed by atoms with Gasteiger partial charge in [0.1, 0.15) is 11.9 Å². The molecule has 6 heteroatoms. The molecule has 0 spiro atoms. The first-order valence-electron chi connectivity index (χ1n) is 10.3. The molecule has 0 saturated carbocycles.